The molecule has 0 bridgehead atoms. The number of fused-ring (bicyclic) bond motifs is 1. The fourth-order valence-electron chi connectivity index (χ4n) is 4.23. The predicted molar refractivity (Wildman–Crippen MR) is 116 cm³/mol. The van der Waals surface area contributed by atoms with E-state index in [0.29, 0.717) is 38.0 Å². The molecule has 1 aliphatic rings. The maximum absolute atomic E-state index is 13.0. The molecule has 7 nitrogen and oxygen atoms in total. The first-order valence-electron chi connectivity index (χ1n) is 10.6. The van der Waals surface area contributed by atoms with E-state index in [-0.39, 0.29) is 5.91 Å². The highest BCUT2D eigenvalue weighted by atomic mass is 16.3. The Morgan fingerprint density at radius 3 is 2.87 bits per heavy atom. The van der Waals surface area contributed by atoms with Gasteiger partial charge in [0.25, 0.3) is 5.91 Å². The van der Waals surface area contributed by atoms with Crippen molar-refractivity contribution in [2.24, 2.45) is 0 Å². The number of aromatic nitrogens is 3. The highest BCUT2D eigenvalue weighted by molar-refractivity contribution is 5.97. The molecular formula is C23H29N5O2. The van der Waals surface area contributed by atoms with Crippen molar-refractivity contribution in [3.8, 4) is 0 Å². The number of aromatic amines is 1. The fourth-order valence-corrected chi connectivity index (χ4v) is 4.23. The number of pyridine rings is 1. The second kappa shape index (κ2) is 8.93. The summed E-state index contributed by atoms with van der Waals surface area (Å²) in [7, 11) is 0. The normalized spacial score (nSPS) is 19.9. The van der Waals surface area contributed by atoms with Crippen molar-refractivity contribution < 1.29 is 9.90 Å². The maximum Gasteiger partial charge on any atom is 0.253 e. The number of imidazole rings is 1. The number of hydrogen-bond donors (Lipinski definition) is 2. The van der Waals surface area contributed by atoms with Gasteiger partial charge >= 0.3 is 0 Å². The smallest absolute Gasteiger partial charge is 0.253 e. The lowest BCUT2D eigenvalue weighted by molar-refractivity contribution is -0.00927. The minimum Gasteiger partial charge on any atom is -0.388 e. The third-order valence-electron chi connectivity index (χ3n) is 5.99. The molecule has 0 saturated carbocycles. The number of nitrogens with one attached hydrogen (secondary N) is 1. The predicted octanol–water partition coefficient (Wildman–Crippen LogP) is 2.84. The van der Waals surface area contributed by atoms with Crippen LogP contribution in [0.2, 0.25) is 0 Å². The molecule has 7 heteroatoms. The number of nitrogens with zero attached hydrogens (tertiary/aromatic N) is 4. The Morgan fingerprint density at radius 1 is 1.23 bits per heavy atom. The maximum atomic E-state index is 13.0. The SMILES string of the molecule is CCN(Cc1ccncc1)C[C@@]1(O)CCCN(C(=O)c2ccc3nc[nH]c3c2)CC1. The zero-order valence-electron chi connectivity index (χ0n) is 17.4. The lowest BCUT2D eigenvalue weighted by Crippen LogP contribution is -2.43. The van der Waals surface area contributed by atoms with Gasteiger partial charge in [-0.2, -0.15) is 0 Å². The highest BCUT2D eigenvalue weighted by Crippen LogP contribution is 2.25. The van der Waals surface area contributed by atoms with E-state index < -0.39 is 5.60 Å². The van der Waals surface area contributed by atoms with Gasteiger partial charge in [0.15, 0.2) is 0 Å². The minimum atomic E-state index is -0.786. The molecule has 2 aromatic heterocycles. The zero-order chi connectivity index (χ0) is 21.0. The van der Waals surface area contributed by atoms with Crippen molar-refractivity contribution in [1.82, 2.24) is 24.8 Å². The van der Waals surface area contributed by atoms with Crippen LogP contribution in [-0.4, -0.2) is 67.5 Å². The van der Waals surface area contributed by atoms with Crippen molar-refractivity contribution in [2.45, 2.75) is 38.3 Å². The van der Waals surface area contributed by atoms with Gasteiger partial charge in [-0.15, -0.1) is 0 Å². The summed E-state index contributed by atoms with van der Waals surface area (Å²) < 4.78 is 0. The Balaban J connectivity index is 1.40. The number of likely N-dealkylation sites (N-methyl/N-ethyl adjacent to an activating group) is 1. The van der Waals surface area contributed by atoms with E-state index in [1.165, 1.54) is 5.56 Å². The molecule has 4 rings (SSSR count). The molecule has 30 heavy (non-hydrogen) atoms. The highest BCUT2D eigenvalue weighted by Gasteiger charge is 2.33. The molecule has 1 aromatic carbocycles. The summed E-state index contributed by atoms with van der Waals surface area (Å²) in [6.45, 7) is 5.59. The number of likely N-dealkylation sites (tertiary alicyclic amines) is 1. The molecule has 0 aliphatic carbocycles. The topological polar surface area (TPSA) is 85.3 Å². The van der Waals surface area contributed by atoms with Gasteiger partial charge in [0.2, 0.25) is 0 Å². The molecule has 2 N–H and O–H groups in total. The molecule has 1 aliphatic heterocycles. The monoisotopic (exact) mass is 407 g/mol. The van der Waals surface area contributed by atoms with E-state index in [4.69, 9.17) is 0 Å². The van der Waals surface area contributed by atoms with Crippen LogP contribution in [0.3, 0.4) is 0 Å². The lowest BCUT2D eigenvalue weighted by atomic mass is 9.94. The summed E-state index contributed by atoms with van der Waals surface area (Å²) in [5.41, 5.74) is 2.78. The summed E-state index contributed by atoms with van der Waals surface area (Å²) in [4.78, 5) is 28.5. The number of aliphatic hydroxyl groups is 1. The van der Waals surface area contributed by atoms with E-state index in [9.17, 15) is 9.90 Å². The van der Waals surface area contributed by atoms with Gasteiger partial charge in [0.1, 0.15) is 0 Å². The standard InChI is InChI=1S/C23H29N5O2/c1-2-27(15-18-6-10-24-11-7-18)16-23(30)8-3-12-28(13-9-23)22(29)19-4-5-20-21(14-19)26-17-25-20/h4-7,10-11,14,17,30H,2-3,8-9,12-13,15-16H2,1H3,(H,25,26)/t23-/m1/s1. The van der Waals surface area contributed by atoms with E-state index >= 15 is 0 Å². The van der Waals surface area contributed by atoms with Crippen LogP contribution in [0, 0.1) is 0 Å². The Bertz CT molecular complexity index is 989. The van der Waals surface area contributed by atoms with Crippen LogP contribution in [0.4, 0.5) is 0 Å². The first-order chi connectivity index (χ1) is 14.6. The van der Waals surface area contributed by atoms with Crippen LogP contribution in [0.1, 0.15) is 42.1 Å². The van der Waals surface area contributed by atoms with Crippen molar-refractivity contribution in [3.05, 3.63) is 60.2 Å². The summed E-state index contributed by atoms with van der Waals surface area (Å²) in [6, 6.07) is 9.57. The molecular weight excluding hydrogens is 378 g/mol. The number of carbonyl (C=O) groups is 1. The minimum absolute atomic E-state index is 0.0138. The second-order valence-corrected chi connectivity index (χ2v) is 8.16. The Kier molecular flexibility index (Phi) is 6.11. The Labute approximate surface area is 176 Å². The quantitative estimate of drug-likeness (QED) is 0.656. The molecule has 0 unspecified atom stereocenters. The average Bonchev–Trinajstić information content (AvgIpc) is 3.15. The van der Waals surface area contributed by atoms with E-state index in [1.807, 2.05) is 35.2 Å². The van der Waals surface area contributed by atoms with Crippen molar-refractivity contribution in [1.29, 1.82) is 0 Å². The number of amides is 1. The van der Waals surface area contributed by atoms with Crippen molar-refractivity contribution >= 4 is 16.9 Å². The number of benzene rings is 1. The average molecular weight is 408 g/mol. The summed E-state index contributed by atoms with van der Waals surface area (Å²) in [5.74, 6) is 0.0138. The number of rotatable bonds is 6. The van der Waals surface area contributed by atoms with Gasteiger partial charge in [0.05, 0.1) is 23.0 Å². The van der Waals surface area contributed by atoms with Crippen LogP contribution in [0.25, 0.3) is 11.0 Å². The van der Waals surface area contributed by atoms with E-state index in [2.05, 4.69) is 26.8 Å². The fraction of sp³-hybridized carbons (Fsp3) is 0.435. The van der Waals surface area contributed by atoms with Crippen LogP contribution in [0.15, 0.2) is 49.1 Å². The van der Waals surface area contributed by atoms with Crippen LogP contribution in [0.5, 0.6) is 0 Å². The molecule has 0 spiro atoms. The number of carbonyl (C=O) groups excluding carboxylic acids is 1. The zero-order valence-corrected chi connectivity index (χ0v) is 17.4. The molecule has 1 saturated heterocycles. The van der Waals surface area contributed by atoms with Gasteiger partial charge in [-0.3, -0.25) is 14.7 Å². The van der Waals surface area contributed by atoms with Gasteiger partial charge in [0, 0.05) is 44.1 Å². The first-order valence-corrected chi connectivity index (χ1v) is 10.6. The van der Waals surface area contributed by atoms with E-state index in [1.54, 1.807) is 18.7 Å². The number of H-pyrrole nitrogens is 1. The second-order valence-electron chi connectivity index (χ2n) is 8.16. The lowest BCUT2D eigenvalue weighted by Gasteiger charge is -2.33. The Morgan fingerprint density at radius 2 is 2.07 bits per heavy atom. The third kappa shape index (κ3) is 4.68. The third-order valence-corrected chi connectivity index (χ3v) is 5.99. The Hall–Kier alpha value is -2.77. The van der Waals surface area contributed by atoms with Gasteiger partial charge in [-0.1, -0.05) is 6.92 Å². The molecule has 0 radical (unpaired) electrons. The van der Waals surface area contributed by atoms with Crippen molar-refractivity contribution in [2.75, 3.05) is 26.2 Å². The summed E-state index contributed by atoms with van der Waals surface area (Å²) in [5, 5.41) is 11.3. The summed E-state index contributed by atoms with van der Waals surface area (Å²) in [6.07, 6.45) is 7.31. The molecule has 3 heterocycles. The molecule has 3 aromatic rings. The summed E-state index contributed by atoms with van der Waals surface area (Å²) >= 11 is 0. The molecule has 1 fully saturated rings. The molecule has 1 atom stereocenters. The largest absolute Gasteiger partial charge is 0.388 e. The first kappa shape index (κ1) is 20.5. The van der Waals surface area contributed by atoms with Crippen LogP contribution >= 0.6 is 0 Å². The molecule has 158 valence electrons. The van der Waals surface area contributed by atoms with Gasteiger partial charge in [-0.25, -0.2) is 4.98 Å². The van der Waals surface area contributed by atoms with Crippen LogP contribution < -0.4 is 0 Å². The van der Waals surface area contributed by atoms with E-state index in [0.717, 1.165) is 30.5 Å². The molecule has 1 amide bonds. The van der Waals surface area contributed by atoms with Crippen molar-refractivity contribution in [3.63, 3.8) is 0 Å². The van der Waals surface area contributed by atoms with Gasteiger partial charge < -0.3 is 15.0 Å². The number of hydrogen-bond acceptors (Lipinski definition) is 5. The van der Waals surface area contributed by atoms with Crippen LogP contribution in [-0.2, 0) is 6.54 Å². The van der Waals surface area contributed by atoms with Gasteiger partial charge in [-0.05, 0) is 61.7 Å².